The number of urea groups is 1. The Morgan fingerprint density at radius 3 is 2.48 bits per heavy atom. The van der Waals surface area contributed by atoms with Gasteiger partial charge in [-0.2, -0.15) is 0 Å². The first-order valence-corrected chi connectivity index (χ1v) is 7.79. The molecule has 3 aliphatic rings. The molecule has 0 saturated carbocycles. The van der Waals surface area contributed by atoms with Crippen molar-refractivity contribution in [3.63, 3.8) is 0 Å². The number of halogens is 1. The van der Waals surface area contributed by atoms with Gasteiger partial charge in [0.05, 0.1) is 5.69 Å². The average molecular weight is 317 g/mol. The third kappa shape index (κ3) is 1.95. The lowest BCUT2D eigenvalue weighted by Crippen LogP contribution is -2.46. The monoisotopic (exact) mass is 317 g/mol. The average Bonchev–Trinajstić information content (AvgIpc) is 3.20. The van der Waals surface area contributed by atoms with Gasteiger partial charge in [-0.15, -0.1) is 0 Å². The summed E-state index contributed by atoms with van der Waals surface area (Å²) in [6, 6.07) is 4.41. The first-order valence-electron chi connectivity index (χ1n) is 7.79. The fourth-order valence-electron chi connectivity index (χ4n) is 3.75. The molecule has 0 aromatic heterocycles. The molecule has 3 fully saturated rings. The lowest BCUT2D eigenvalue weighted by atomic mass is 10.1. The molecule has 0 unspecified atom stereocenters. The largest absolute Gasteiger partial charge is 0.328 e. The molecule has 0 spiro atoms. The first kappa shape index (κ1) is 14.2. The molecule has 6 nitrogen and oxygen atoms in total. The maximum atomic E-state index is 13.9. The van der Waals surface area contributed by atoms with E-state index in [-0.39, 0.29) is 17.6 Å². The molecule has 3 saturated heterocycles. The van der Waals surface area contributed by atoms with Crippen molar-refractivity contribution < 1.29 is 18.8 Å². The first-order chi connectivity index (χ1) is 11.1. The summed E-state index contributed by atoms with van der Waals surface area (Å²) in [4.78, 5) is 41.5. The van der Waals surface area contributed by atoms with Crippen LogP contribution in [0.15, 0.2) is 24.3 Å². The predicted octanol–water partition coefficient (Wildman–Crippen LogP) is 1.36. The van der Waals surface area contributed by atoms with Crippen molar-refractivity contribution in [2.24, 2.45) is 0 Å². The predicted molar refractivity (Wildman–Crippen MR) is 79.1 cm³/mol. The van der Waals surface area contributed by atoms with Crippen molar-refractivity contribution in [2.75, 3.05) is 18.0 Å². The van der Waals surface area contributed by atoms with E-state index in [1.807, 2.05) is 0 Å². The molecule has 0 aliphatic carbocycles. The van der Waals surface area contributed by atoms with E-state index in [1.54, 1.807) is 17.0 Å². The molecule has 1 aromatic rings. The van der Waals surface area contributed by atoms with Gasteiger partial charge in [0.1, 0.15) is 17.9 Å². The minimum Gasteiger partial charge on any atom is -0.312 e. The van der Waals surface area contributed by atoms with Gasteiger partial charge in [-0.25, -0.2) is 14.1 Å². The molecule has 4 rings (SSSR count). The zero-order valence-electron chi connectivity index (χ0n) is 12.4. The van der Waals surface area contributed by atoms with Crippen LogP contribution in [0.1, 0.15) is 19.3 Å². The standard InChI is InChI=1S/C16H16FN3O3/c17-10-4-1-2-5-11(10)18-9-7-13(14(18)21)20-15(22)12-6-3-8-19(12)16(20)23/h1-2,4-5,12-13H,3,6-9H2/t12-,13-/m0/s1. The quantitative estimate of drug-likeness (QED) is 0.774. The Bertz CT molecular complexity index is 686. The molecule has 0 N–H and O–H groups in total. The van der Waals surface area contributed by atoms with E-state index in [9.17, 15) is 18.8 Å². The van der Waals surface area contributed by atoms with Crippen LogP contribution in [0.5, 0.6) is 0 Å². The second kappa shape index (κ2) is 5.04. The van der Waals surface area contributed by atoms with Crippen LogP contribution in [0.3, 0.4) is 0 Å². The Kier molecular flexibility index (Phi) is 3.11. The summed E-state index contributed by atoms with van der Waals surface area (Å²) in [5.41, 5.74) is 0.194. The Labute approximate surface area is 132 Å². The summed E-state index contributed by atoms with van der Waals surface area (Å²) in [6.07, 6.45) is 1.81. The number of amides is 4. The minimum atomic E-state index is -0.819. The Morgan fingerprint density at radius 2 is 1.74 bits per heavy atom. The van der Waals surface area contributed by atoms with E-state index < -0.39 is 23.8 Å². The van der Waals surface area contributed by atoms with Gasteiger partial charge in [0.15, 0.2) is 0 Å². The van der Waals surface area contributed by atoms with Gasteiger partial charge >= 0.3 is 6.03 Å². The van der Waals surface area contributed by atoms with Crippen LogP contribution in [0.4, 0.5) is 14.9 Å². The fraction of sp³-hybridized carbons (Fsp3) is 0.438. The smallest absolute Gasteiger partial charge is 0.312 e. The summed E-state index contributed by atoms with van der Waals surface area (Å²) >= 11 is 0. The molecule has 7 heteroatoms. The molecule has 120 valence electrons. The van der Waals surface area contributed by atoms with Gasteiger partial charge < -0.3 is 9.80 Å². The van der Waals surface area contributed by atoms with Gasteiger partial charge in [0, 0.05) is 13.1 Å². The lowest BCUT2D eigenvalue weighted by Gasteiger charge is -2.22. The SMILES string of the molecule is O=C1[C@@H](N2C(=O)[C@@H]3CCCN3C2=O)CCN1c1ccccc1F. The summed E-state index contributed by atoms with van der Waals surface area (Å²) in [7, 11) is 0. The van der Waals surface area contributed by atoms with E-state index in [2.05, 4.69) is 0 Å². The normalized spacial score (nSPS) is 27.3. The van der Waals surface area contributed by atoms with Crippen molar-refractivity contribution in [3.05, 3.63) is 30.1 Å². The highest BCUT2D eigenvalue weighted by Gasteiger charge is 2.53. The van der Waals surface area contributed by atoms with Gasteiger partial charge in [0.2, 0.25) is 0 Å². The van der Waals surface area contributed by atoms with Crippen LogP contribution in [0, 0.1) is 5.82 Å². The van der Waals surface area contributed by atoms with Crippen molar-refractivity contribution >= 4 is 23.5 Å². The number of nitrogens with zero attached hydrogens (tertiary/aromatic N) is 3. The van der Waals surface area contributed by atoms with Crippen LogP contribution in [-0.4, -0.2) is 52.8 Å². The molecule has 3 aliphatic heterocycles. The number of carbonyl (C=O) groups excluding carboxylic acids is 3. The highest BCUT2D eigenvalue weighted by Crippen LogP contribution is 2.33. The molecule has 2 atom stereocenters. The van der Waals surface area contributed by atoms with Gasteiger partial charge in [-0.1, -0.05) is 12.1 Å². The molecular formula is C16H16FN3O3. The summed E-state index contributed by atoms with van der Waals surface area (Å²) in [6.45, 7) is 0.857. The van der Waals surface area contributed by atoms with Crippen LogP contribution in [-0.2, 0) is 9.59 Å². The number of anilines is 1. The van der Waals surface area contributed by atoms with Gasteiger partial charge in [-0.05, 0) is 31.4 Å². The van der Waals surface area contributed by atoms with Crippen LogP contribution in [0.2, 0.25) is 0 Å². The highest BCUT2D eigenvalue weighted by atomic mass is 19.1. The van der Waals surface area contributed by atoms with Gasteiger partial charge in [0.25, 0.3) is 11.8 Å². The number of fused-ring (bicyclic) bond motifs is 1. The second-order valence-electron chi connectivity index (χ2n) is 6.09. The molecular weight excluding hydrogens is 301 g/mol. The van der Waals surface area contributed by atoms with Crippen LogP contribution in [0.25, 0.3) is 0 Å². The topological polar surface area (TPSA) is 60.9 Å². The molecule has 0 radical (unpaired) electrons. The minimum absolute atomic E-state index is 0.194. The summed E-state index contributed by atoms with van der Waals surface area (Å²) in [5, 5.41) is 0. The Balaban J connectivity index is 1.60. The molecule has 4 amide bonds. The number of para-hydroxylation sites is 1. The third-order valence-electron chi connectivity index (χ3n) is 4.86. The number of hydrogen-bond acceptors (Lipinski definition) is 3. The van der Waals surface area contributed by atoms with E-state index >= 15 is 0 Å². The summed E-state index contributed by atoms with van der Waals surface area (Å²) < 4.78 is 13.9. The Hall–Kier alpha value is -2.44. The Morgan fingerprint density at radius 1 is 0.957 bits per heavy atom. The maximum Gasteiger partial charge on any atom is 0.328 e. The van der Waals surface area contributed by atoms with Crippen LogP contribution < -0.4 is 4.90 Å². The zero-order valence-corrected chi connectivity index (χ0v) is 12.4. The second-order valence-corrected chi connectivity index (χ2v) is 6.09. The zero-order chi connectivity index (χ0) is 16.1. The van der Waals surface area contributed by atoms with E-state index in [4.69, 9.17) is 0 Å². The van der Waals surface area contributed by atoms with Crippen molar-refractivity contribution in [1.82, 2.24) is 9.80 Å². The van der Waals surface area contributed by atoms with Crippen molar-refractivity contribution in [3.8, 4) is 0 Å². The van der Waals surface area contributed by atoms with E-state index in [1.165, 1.54) is 17.0 Å². The summed E-state index contributed by atoms with van der Waals surface area (Å²) in [5.74, 6) is -1.17. The molecule has 3 heterocycles. The number of imide groups is 1. The molecule has 1 aromatic carbocycles. The van der Waals surface area contributed by atoms with Crippen molar-refractivity contribution in [2.45, 2.75) is 31.3 Å². The van der Waals surface area contributed by atoms with Crippen LogP contribution >= 0.6 is 0 Å². The van der Waals surface area contributed by atoms with Gasteiger partial charge in [-0.3, -0.25) is 9.59 Å². The number of carbonyl (C=O) groups is 3. The number of rotatable bonds is 2. The number of benzene rings is 1. The number of hydrogen-bond donors (Lipinski definition) is 0. The molecule has 0 bridgehead atoms. The van der Waals surface area contributed by atoms with Crippen molar-refractivity contribution in [1.29, 1.82) is 0 Å². The maximum absolute atomic E-state index is 13.9. The fourth-order valence-corrected chi connectivity index (χ4v) is 3.75. The highest BCUT2D eigenvalue weighted by molar-refractivity contribution is 6.10. The third-order valence-corrected chi connectivity index (χ3v) is 4.86. The van der Waals surface area contributed by atoms with E-state index in [0.717, 1.165) is 11.3 Å². The van der Waals surface area contributed by atoms with E-state index in [0.29, 0.717) is 25.9 Å². The lowest BCUT2D eigenvalue weighted by molar-refractivity contribution is -0.133. The molecule has 23 heavy (non-hydrogen) atoms.